The zero-order chi connectivity index (χ0) is 31.8. The number of halogens is 4. The number of allylic oxidation sites excluding steroid dienone is 1. The van der Waals surface area contributed by atoms with Gasteiger partial charge in [0.05, 0.1) is 36.6 Å². The second-order valence-corrected chi connectivity index (χ2v) is 11.7. The second kappa shape index (κ2) is 15.3. The van der Waals surface area contributed by atoms with E-state index in [4.69, 9.17) is 9.84 Å². The minimum Gasteiger partial charge on any atom is -0.480 e. The predicted octanol–water partition coefficient (Wildman–Crippen LogP) is 5.64. The summed E-state index contributed by atoms with van der Waals surface area (Å²) < 4.78 is 67.8. The van der Waals surface area contributed by atoms with E-state index in [0.29, 0.717) is 24.4 Å². The van der Waals surface area contributed by atoms with Gasteiger partial charge in [0.2, 0.25) is 11.8 Å². The van der Waals surface area contributed by atoms with Crippen LogP contribution in [0.25, 0.3) is 0 Å². The molecule has 2 aromatic rings. The summed E-state index contributed by atoms with van der Waals surface area (Å²) in [4.78, 5) is 20.3. The van der Waals surface area contributed by atoms with Crippen molar-refractivity contribution in [3.05, 3.63) is 46.4 Å². The van der Waals surface area contributed by atoms with Crippen LogP contribution in [0.15, 0.2) is 34.3 Å². The number of fused-ring (bicyclic) bond motifs is 2. The van der Waals surface area contributed by atoms with E-state index in [1.807, 2.05) is 25.5 Å². The molecule has 0 aliphatic carbocycles. The molecule has 0 spiro atoms. The summed E-state index contributed by atoms with van der Waals surface area (Å²) in [5, 5.41) is 15.6. The lowest BCUT2D eigenvalue weighted by molar-refractivity contribution is -0.286. The molecule has 2 atom stereocenters. The van der Waals surface area contributed by atoms with E-state index in [-0.39, 0.29) is 53.6 Å². The smallest absolute Gasteiger partial charge is 0.480 e. The van der Waals surface area contributed by atoms with Gasteiger partial charge >= 0.3 is 6.29 Å². The fraction of sp³-hybridized carbons (Fsp3) is 0.536. The molecule has 1 fully saturated rings. The lowest BCUT2D eigenvalue weighted by Crippen LogP contribution is -2.43. The lowest BCUT2D eigenvalue weighted by atomic mass is 9.92. The SMILES string of the molecule is CCC(=O)NC1=CCC(C)c2cc3c(cc2S1)OC(F)(F)O3.COc1ncc(C2CNCCC2(F)F)nc1CO.CSC. The van der Waals surface area contributed by atoms with Crippen LogP contribution in [0.3, 0.4) is 0 Å². The van der Waals surface area contributed by atoms with Gasteiger partial charge < -0.3 is 30.0 Å². The van der Waals surface area contributed by atoms with Gasteiger partial charge in [-0.15, -0.1) is 8.78 Å². The number of ether oxygens (including phenoxy) is 3. The number of methoxy groups -OCH3 is 1. The van der Waals surface area contributed by atoms with Crippen molar-refractivity contribution < 1.29 is 41.7 Å². The Kier molecular flexibility index (Phi) is 12.4. The largest absolute Gasteiger partial charge is 0.586 e. The zero-order valence-electron chi connectivity index (χ0n) is 24.5. The van der Waals surface area contributed by atoms with Gasteiger partial charge in [-0.2, -0.15) is 11.8 Å². The van der Waals surface area contributed by atoms with Crippen LogP contribution in [0.4, 0.5) is 17.6 Å². The first-order valence-electron chi connectivity index (χ1n) is 13.5. The number of carbonyl (C=O) groups is 1. The quantitative estimate of drug-likeness (QED) is 0.352. The van der Waals surface area contributed by atoms with E-state index >= 15 is 0 Å². The molecular formula is C28H36F4N4O5S2. The lowest BCUT2D eigenvalue weighted by Gasteiger charge is -2.31. The Morgan fingerprint density at radius 1 is 1.26 bits per heavy atom. The van der Waals surface area contributed by atoms with Gasteiger partial charge in [-0.3, -0.25) is 4.79 Å². The molecule has 43 heavy (non-hydrogen) atoms. The molecule has 0 bridgehead atoms. The van der Waals surface area contributed by atoms with Crippen molar-refractivity contribution in [1.29, 1.82) is 0 Å². The first kappa shape index (κ1) is 34.7. The van der Waals surface area contributed by atoms with Gasteiger partial charge in [0.15, 0.2) is 11.5 Å². The highest BCUT2D eigenvalue weighted by atomic mass is 32.2. The molecule has 2 unspecified atom stereocenters. The first-order chi connectivity index (χ1) is 20.4. The average Bonchev–Trinajstić information content (AvgIpc) is 3.19. The van der Waals surface area contributed by atoms with Gasteiger partial charge in [-0.1, -0.05) is 31.7 Å². The van der Waals surface area contributed by atoms with Crippen molar-refractivity contribution in [2.75, 3.05) is 32.7 Å². The molecule has 3 aliphatic rings. The van der Waals surface area contributed by atoms with Crippen LogP contribution in [0.1, 0.15) is 61.9 Å². The molecule has 9 nitrogen and oxygen atoms in total. The maximum absolute atomic E-state index is 13.8. The normalized spacial score (nSPS) is 21.0. The van der Waals surface area contributed by atoms with Gasteiger partial charge in [-0.05, 0) is 42.5 Å². The molecule has 238 valence electrons. The maximum Gasteiger partial charge on any atom is 0.586 e. The van der Waals surface area contributed by atoms with Crippen LogP contribution >= 0.6 is 23.5 Å². The monoisotopic (exact) mass is 648 g/mol. The summed E-state index contributed by atoms with van der Waals surface area (Å²) in [6.07, 6.45) is 4.56. The van der Waals surface area contributed by atoms with Crippen molar-refractivity contribution in [2.45, 2.75) is 68.7 Å². The number of hydrogen-bond donors (Lipinski definition) is 3. The third-order valence-electron chi connectivity index (χ3n) is 6.54. The van der Waals surface area contributed by atoms with E-state index in [2.05, 4.69) is 30.1 Å². The molecule has 1 aromatic carbocycles. The number of hydrogen-bond acceptors (Lipinski definition) is 10. The van der Waals surface area contributed by atoms with Crippen LogP contribution in [-0.4, -0.2) is 65.9 Å². The van der Waals surface area contributed by atoms with Crippen molar-refractivity contribution in [3.63, 3.8) is 0 Å². The number of aliphatic hydroxyl groups excluding tert-OH is 1. The van der Waals surface area contributed by atoms with Crippen LogP contribution in [-0.2, 0) is 11.4 Å². The van der Waals surface area contributed by atoms with E-state index in [0.717, 1.165) is 10.5 Å². The van der Waals surface area contributed by atoms with Crippen molar-refractivity contribution >= 4 is 29.4 Å². The number of amides is 1. The first-order valence-corrected chi connectivity index (χ1v) is 15.9. The Balaban J connectivity index is 0.000000220. The molecule has 3 aliphatic heterocycles. The molecule has 1 aromatic heterocycles. The number of aliphatic hydroxyl groups is 1. The summed E-state index contributed by atoms with van der Waals surface area (Å²) in [5.41, 5.74) is 1.26. The molecule has 4 heterocycles. The molecule has 3 N–H and O–H groups in total. The highest BCUT2D eigenvalue weighted by Gasteiger charge is 2.45. The van der Waals surface area contributed by atoms with Crippen LogP contribution in [0, 0.1) is 0 Å². The molecule has 0 saturated carbocycles. The van der Waals surface area contributed by atoms with E-state index in [1.54, 1.807) is 30.8 Å². The molecule has 0 radical (unpaired) electrons. The standard InChI is InChI=1S/C15H15F2NO3S.C11H15F2N3O2.C2H6S/c1-3-13(19)18-14-5-4-8(2)9-6-10-11(7-12(9)22-14)21-15(16,17)20-10;1-18-10-9(6-17)16-8(5-15-10)7-4-14-3-2-11(7,12)13;1-3-2/h5-8H,3-4H2,1-2H3,(H,18,19);5,7,14,17H,2-4,6H2,1H3;1-2H3. The molecular weight excluding hydrogens is 612 g/mol. The number of piperidine rings is 1. The van der Waals surface area contributed by atoms with Crippen molar-refractivity contribution in [2.24, 2.45) is 0 Å². The maximum atomic E-state index is 13.8. The van der Waals surface area contributed by atoms with E-state index in [9.17, 15) is 22.4 Å². The molecule has 15 heteroatoms. The Bertz CT molecular complexity index is 1300. The van der Waals surface area contributed by atoms with Gasteiger partial charge in [-0.25, -0.2) is 18.7 Å². The Morgan fingerprint density at radius 2 is 1.93 bits per heavy atom. The Hall–Kier alpha value is -2.75. The second-order valence-electron chi connectivity index (χ2n) is 9.80. The molecule has 1 amide bonds. The van der Waals surface area contributed by atoms with Gasteiger partial charge in [0.25, 0.3) is 5.92 Å². The number of alkyl halides is 4. The van der Waals surface area contributed by atoms with E-state index in [1.165, 1.54) is 25.1 Å². The number of aromatic nitrogens is 2. The third-order valence-corrected chi connectivity index (χ3v) is 7.61. The third kappa shape index (κ3) is 9.13. The highest BCUT2D eigenvalue weighted by molar-refractivity contribution is 8.03. The van der Waals surface area contributed by atoms with Crippen molar-refractivity contribution in [1.82, 2.24) is 20.6 Å². The summed E-state index contributed by atoms with van der Waals surface area (Å²) in [6.45, 7) is 3.82. The Morgan fingerprint density at radius 3 is 2.53 bits per heavy atom. The number of benzene rings is 1. The number of nitrogens with one attached hydrogen (secondary N) is 2. The minimum atomic E-state index is -3.62. The fourth-order valence-electron chi connectivity index (χ4n) is 4.36. The Labute approximate surface area is 256 Å². The predicted molar refractivity (Wildman–Crippen MR) is 157 cm³/mol. The minimum absolute atomic E-state index is 0.0199. The number of rotatable bonds is 5. The number of nitrogens with zero attached hydrogens (tertiary/aromatic N) is 2. The van der Waals surface area contributed by atoms with Crippen LogP contribution in [0.5, 0.6) is 17.4 Å². The number of carbonyl (C=O) groups excluding carboxylic acids is 1. The summed E-state index contributed by atoms with van der Waals surface area (Å²) >= 11 is 3.09. The van der Waals surface area contributed by atoms with Crippen LogP contribution < -0.4 is 24.8 Å². The molecule has 5 rings (SSSR count). The number of thioether (sulfide) groups is 2. The summed E-state index contributed by atoms with van der Waals surface area (Å²) in [7, 11) is 1.39. The summed E-state index contributed by atoms with van der Waals surface area (Å²) in [5.74, 6) is -3.54. The molecule has 1 saturated heterocycles. The van der Waals surface area contributed by atoms with Gasteiger partial charge in [0, 0.05) is 30.8 Å². The highest BCUT2D eigenvalue weighted by Crippen LogP contribution is 2.48. The fourth-order valence-corrected chi connectivity index (χ4v) is 5.48. The van der Waals surface area contributed by atoms with Gasteiger partial charge in [0.1, 0.15) is 5.69 Å². The van der Waals surface area contributed by atoms with Crippen molar-refractivity contribution in [3.8, 4) is 17.4 Å². The topological polar surface area (TPSA) is 115 Å². The zero-order valence-corrected chi connectivity index (χ0v) is 26.1. The summed E-state index contributed by atoms with van der Waals surface area (Å²) in [6, 6.07) is 3.14. The van der Waals surface area contributed by atoms with E-state index < -0.39 is 24.7 Å². The van der Waals surface area contributed by atoms with Crippen LogP contribution in [0.2, 0.25) is 0 Å². The average molecular weight is 649 g/mol.